The lowest BCUT2D eigenvalue weighted by molar-refractivity contribution is 0.102. The molecular weight excluding hydrogens is 264 g/mol. The van der Waals surface area contributed by atoms with E-state index in [1.54, 1.807) is 7.05 Å². The Morgan fingerprint density at radius 1 is 1.05 bits per heavy atom. The first-order valence-electron chi connectivity index (χ1n) is 6.86. The molecule has 110 valence electrons. The summed E-state index contributed by atoms with van der Waals surface area (Å²) in [4.78, 5) is 23.4. The van der Waals surface area contributed by atoms with E-state index in [4.69, 9.17) is 0 Å². The summed E-state index contributed by atoms with van der Waals surface area (Å²) in [5.41, 5.74) is 2.35. The van der Waals surface area contributed by atoms with Crippen molar-refractivity contribution in [1.82, 2.24) is 4.57 Å². The van der Waals surface area contributed by atoms with Crippen LogP contribution in [0.4, 0.5) is 5.69 Å². The summed E-state index contributed by atoms with van der Waals surface area (Å²) in [6.07, 6.45) is 1.53. The highest BCUT2D eigenvalue weighted by Gasteiger charge is 2.13. The number of amides is 1. The monoisotopic (exact) mass is 284 g/mol. The quantitative estimate of drug-likeness (QED) is 0.921. The van der Waals surface area contributed by atoms with Gasteiger partial charge in [0.15, 0.2) is 0 Å². The maximum atomic E-state index is 12.1. The number of aryl methyl sites for hydroxylation is 1. The van der Waals surface area contributed by atoms with Crippen LogP contribution in [0.1, 0.15) is 36.7 Å². The van der Waals surface area contributed by atoms with Crippen molar-refractivity contribution in [3.8, 4) is 0 Å². The summed E-state index contributed by atoms with van der Waals surface area (Å²) in [5, 5.41) is 2.83. The maximum Gasteiger partial charge on any atom is 0.257 e. The zero-order valence-electron chi connectivity index (χ0n) is 12.8. The molecule has 0 aliphatic rings. The van der Waals surface area contributed by atoms with Crippen LogP contribution in [0.15, 0.2) is 47.4 Å². The standard InChI is InChI=1S/C17H20N2O2/c1-17(2,3)13-6-8-14(9-7-13)18-16(21)12-5-10-15(20)19(4)11-12/h5-11H,1-4H3,(H,18,21). The predicted octanol–water partition coefficient (Wildman–Crippen LogP) is 2.94. The van der Waals surface area contributed by atoms with Crippen LogP contribution in [0.2, 0.25) is 0 Å². The third kappa shape index (κ3) is 3.60. The molecule has 2 rings (SSSR count). The second-order valence-electron chi connectivity index (χ2n) is 6.15. The van der Waals surface area contributed by atoms with Crippen LogP contribution in [0, 0.1) is 0 Å². The smallest absolute Gasteiger partial charge is 0.257 e. The normalized spacial score (nSPS) is 11.2. The first kappa shape index (κ1) is 15.0. The van der Waals surface area contributed by atoms with E-state index in [1.807, 2.05) is 24.3 Å². The van der Waals surface area contributed by atoms with Gasteiger partial charge in [-0.2, -0.15) is 0 Å². The van der Waals surface area contributed by atoms with E-state index in [0.29, 0.717) is 5.56 Å². The number of nitrogens with one attached hydrogen (secondary N) is 1. The molecular formula is C17H20N2O2. The molecule has 0 unspecified atom stereocenters. The summed E-state index contributed by atoms with van der Waals surface area (Å²) >= 11 is 0. The van der Waals surface area contributed by atoms with Crippen molar-refractivity contribution < 1.29 is 4.79 Å². The highest BCUT2D eigenvalue weighted by molar-refractivity contribution is 6.04. The lowest BCUT2D eigenvalue weighted by Gasteiger charge is -2.19. The van der Waals surface area contributed by atoms with Crippen molar-refractivity contribution in [1.29, 1.82) is 0 Å². The number of aromatic nitrogens is 1. The van der Waals surface area contributed by atoms with Crippen LogP contribution in [-0.4, -0.2) is 10.5 Å². The molecule has 1 amide bonds. The zero-order chi connectivity index (χ0) is 15.6. The predicted molar refractivity (Wildman–Crippen MR) is 84.8 cm³/mol. The Morgan fingerprint density at radius 3 is 2.19 bits per heavy atom. The van der Waals surface area contributed by atoms with Gasteiger partial charge in [-0.1, -0.05) is 32.9 Å². The SMILES string of the molecule is Cn1cc(C(=O)Nc2ccc(C(C)(C)C)cc2)ccc1=O. The van der Waals surface area contributed by atoms with Crippen molar-refractivity contribution in [3.05, 3.63) is 64.1 Å². The largest absolute Gasteiger partial charge is 0.322 e. The minimum Gasteiger partial charge on any atom is -0.322 e. The van der Waals surface area contributed by atoms with Gasteiger partial charge in [-0.05, 0) is 29.2 Å². The molecule has 1 aromatic heterocycles. The number of hydrogen-bond donors (Lipinski definition) is 1. The molecule has 0 spiro atoms. The van der Waals surface area contributed by atoms with Gasteiger partial charge in [0, 0.05) is 25.0 Å². The van der Waals surface area contributed by atoms with Gasteiger partial charge in [0.05, 0.1) is 5.56 Å². The average molecular weight is 284 g/mol. The second-order valence-corrected chi connectivity index (χ2v) is 6.15. The minimum atomic E-state index is -0.228. The van der Waals surface area contributed by atoms with E-state index in [1.165, 1.54) is 28.5 Å². The van der Waals surface area contributed by atoms with Gasteiger partial charge in [0.25, 0.3) is 5.91 Å². The van der Waals surface area contributed by atoms with Crippen molar-refractivity contribution in [2.24, 2.45) is 7.05 Å². The minimum absolute atomic E-state index is 0.0836. The topological polar surface area (TPSA) is 51.1 Å². The summed E-state index contributed by atoms with van der Waals surface area (Å²) < 4.78 is 1.39. The molecule has 1 heterocycles. The number of hydrogen-bond acceptors (Lipinski definition) is 2. The molecule has 0 aliphatic carbocycles. The highest BCUT2D eigenvalue weighted by Crippen LogP contribution is 2.23. The number of carbonyl (C=O) groups excluding carboxylic acids is 1. The van der Waals surface area contributed by atoms with Crippen LogP contribution in [-0.2, 0) is 12.5 Å². The fraction of sp³-hybridized carbons (Fsp3) is 0.294. The summed E-state index contributed by atoms with van der Waals surface area (Å²) in [6, 6.07) is 10.7. The van der Waals surface area contributed by atoms with Crippen molar-refractivity contribution in [2.75, 3.05) is 5.32 Å². The molecule has 0 aliphatic heterocycles. The third-order valence-corrected chi connectivity index (χ3v) is 3.36. The van der Waals surface area contributed by atoms with Crippen LogP contribution in [0.5, 0.6) is 0 Å². The third-order valence-electron chi connectivity index (χ3n) is 3.36. The molecule has 4 heteroatoms. The first-order chi connectivity index (χ1) is 9.77. The second kappa shape index (κ2) is 5.56. The van der Waals surface area contributed by atoms with Gasteiger partial charge < -0.3 is 9.88 Å². The van der Waals surface area contributed by atoms with Gasteiger partial charge >= 0.3 is 0 Å². The summed E-state index contributed by atoms with van der Waals surface area (Å²) in [6.45, 7) is 6.43. The zero-order valence-corrected chi connectivity index (χ0v) is 12.8. The lowest BCUT2D eigenvalue weighted by atomic mass is 9.87. The molecule has 0 bridgehead atoms. The van der Waals surface area contributed by atoms with Gasteiger partial charge in [-0.15, -0.1) is 0 Å². The van der Waals surface area contributed by atoms with E-state index in [9.17, 15) is 9.59 Å². The van der Waals surface area contributed by atoms with Crippen molar-refractivity contribution in [2.45, 2.75) is 26.2 Å². The molecule has 0 atom stereocenters. The van der Waals surface area contributed by atoms with Crippen LogP contribution < -0.4 is 10.9 Å². The summed E-state index contributed by atoms with van der Waals surface area (Å²) in [5.74, 6) is -0.228. The molecule has 1 N–H and O–H groups in total. The van der Waals surface area contributed by atoms with E-state index in [0.717, 1.165) is 5.69 Å². The van der Waals surface area contributed by atoms with Gasteiger partial charge in [0.2, 0.25) is 5.56 Å². The average Bonchev–Trinajstić information content (AvgIpc) is 2.41. The van der Waals surface area contributed by atoms with Crippen LogP contribution in [0.25, 0.3) is 0 Å². The fourth-order valence-corrected chi connectivity index (χ4v) is 1.99. The Hall–Kier alpha value is -2.36. The Bertz CT molecular complexity index is 707. The van der Waals surface area contributed by atoms with E-state index in [-0.39, 0.29) is 16.9 Å². The lowest BCUT2D eigenvalue weighted by Crippen LogP contribution is -2.19. The number of rotatable bonds is 2. The number of benzene rings is 1. The fourth-order valence-electron chi connectivity index (χ4n) is 1.99. The molecule has 4 nitrogen and oxygen atoms in total. The number of anilines is 1. The highest BCUT2D eigenvalue weighted by atomic mass is 16.2. The van der Waals surface area contributed by atoms with Crippen LogP contribution in [0.3, 0.4) is 0 Å². The van der Waals surface area contributed by atoms with Crippen molar-refractivity contribution in [3.63, 3.8) is 0 Å². The molecule has 0 fully saturated rings. The Labute approximate surface area is 124 Å². The Kier molecular flexibility index (Phi) is 3.98. The molecule has 0 radical (unpaired) electrons. The van der Waals surface area contributed by atoms with Crippen LogP contribution >= 0.6 is 0 Å². The molecule has 0 saturated carbocycles. The van der Waals surface area contributed by atoms with E-state index in [2.05, 4.69) is 26.1 Å². The first-order valence-corrected chi connectivity index (χ1v) is 6.86. The van der Waals surface area contributed by atoms with Gasteiger partial charge in [0.1, 0.15) is 0 Å². The van der Waals surface area contributed by atoms with Gasteiger partial charge in [-0.3, -0.25) is 9.59 Å². The van der Waals surface area contributed by atoms with E-state index < -0.39 is 0 Å². The Morgan fingerprint density at radius 2 is 1.67 bits per heavy atom. The molecule has 1 aromatic carbocycles. The molecule has 0 saturated heterocycles. The van der Waals surface area contributed by atoms with E-state index >= 15 is 0 Å². The summed E-state index contributed by atoms with van der Waals surface area (Å²) in [7, 11) is 1.62. The van der Waals surface area contributed by atoms with Gasteiger partial charge in [-0.25, -0.2) is 0 Å². The number of carbonyl (C=O) groups is 1. The molecule has 2 aromatic rings. The van der Waals surface area contributed by atoms with Crippen molar-refractivity contribution >= 4 is 11.6 Å². The molecule has 21 heavy (non-hydrogen) atoms. The Balaban J connectivity index is 2.16. The number of pyridine rings is 1. The number of nitrogens with zero attached hydrogens (tertiary/aromatic N) is 1. The maximum absolute atomic E-state index is 12.1.